The minimum atomic E-state index is -0.0873. The van der Waals surface area contributed by atoms with E-state index >= 15 is 0 Å². The molecule has 1 N–H and O–H groups in total. The van der Waals surface area contributed by atoms with Crippen LogP contribution in [0.1, 0.15) is 5.56 Å². The summed E-state index contributed by atoms with van der Waals surface area (Å²) in [4.78, 5) is 16.9. The van der Waals surface area contributed by atoms with Gasteiger partial charge < -0.3 is 9.73 Å². The largest absolute Gasteiger partial charge is 0.431 e. The van der Waals surface area contributed by atoms with E-state index in [0.717, 1.165) is 22.4 Å². The van der Waals surface area contributed by atoms with E-state index in [-0.39, 0.29) is 11.7 Å². The molecular formula is C24H19ClN2O2S. The SMILES string of the molecule is O=C(CSc1nc(-c2ccccc2)c(-c2ccccc2)o1)NCc1ccc(Cl)cc1. The quantitative estimate of drug-likeness (QED) is 0.358. The molecular weight excluding hydrogens is 416 g/mol. The van der Waals surface area contributed by atoms with E-state index < -0.39 is 0 Å². The fraction of sp³-hybridized carbons (Fsp3) is 0.0833. The third-order valence-electron chi connectivity index (χ3n) is 4.42. The molecule has 0 bridgehead atoms. The van der Waals surface area contributed by atoms with Gasteiger partial charge in [0.2, 0.25) is 5.91 Å². The van der Waals surface area contributed by atoms with Gasteiger partial charge in [-0.25, -0.2) is 4.98 Å². The van der Waals surface area contributed by atoms with Crippen molar-refractivity contribution in [3.05, 3.63) is 95.5 Å². The number of hydrogen-bond donors (Lipinski definition) is 1. The molecule has 4 nitrogen and oxygen atoms in total. The van der Waals surface area contributed by atoms with Crippen LogP contribution in [0.3, 0.4) is 0 Å². The number of nitrogens with one attached hydrogen (secondary N) is 1. The predicted octanol–water partition coefficient (Wildman–Crippen LogP) is 6.07. The van der Waals surface area contributed by atoms with Gasteiger partial charge in [-0.05, 0) is 17.7 Å². The van der Waals surface area contributed by atoms with Crippen molar-refractivity contribution in [3.63, 3.8) is 0 Å². The van der Waals surface area contributed by atoms with Crippen LogP contribution in [0.4, 0.5) is 0 Å². The summed E-state index contributed by atoms with van der Waals surface area (Å²) in [6, 6.07) is 27.1. The molecule has 0 aliphatic rings. The summed E-state index contributed by atoms with van der Waals surface area (Å²) in [6.45, 7) is 0.451. The van der Waals surface area contributed by atoms with Crippen LogP contribution >= 0.6 is 23.4 Å². The molecule has 0 saturated carbocycles. The molecule has 0 aliphatic heterocycles. The number of oxazole rings is 1. The third kappa shape index (κ3) is 5.12. The second-order valence-corrected chi connectivity index (χ2v) is 7.94. The Morgan fingerprint density at radius 3 is 2.20 bits per heavy atom. The zero-order chi connectivity index (χ0) is 20.8. The molecule has 0 atom stereocenters. The van der Waals surface area contributed by atoms with E-state index in [0.29, 0.717) is 22.6 Å². The van der Waals surface area contributed by atoms with Crippen molar-refractivity contribution < 1.29 is 9.21 Å². The molecule has 1 aromatic heterocycles. The van der Waals surface area contributed by atoms with Gasteiger partial charge in [-0.1, -0.05) is 96.2 Å². The van der Waals surface area contributed by atoms with Crippen molar-refractivity contribution in [1.29, 1.82) is 0 Å². The maximum atomic E-state index is 12.3. The summed E-state index contributed by atoms with van der Waals surface area (Å²) < 4.78 is 6.04. The Morgan fingerprint density at radius 1 is 0.900 bits per heavy atom. The number of halogens is 1. The molecule has 0 unspecified atom stereocenters. The van der Waals surface area contributed by atoms with E-state index in [2.05, 4.69) is 10.3 Å². The van der Waals surface area contributed by atoms with Crippen LogP contribution < -0.4 is 5.32 Å². The maximum Gasteiger partial charge on any atom is 0.257 e. The monoisotopic (exact) mass is 434 g/mol. The van der Waals surface area contributed by atoms with E-state index in [1.54, 1.807) is 12.1 Å². The molecule has 30 heavy (non-hydrogen) atoms. The summed E-state index contributed by atoms with van der Waals surface area (Å²) in [5, 5.41) is 4.04. The van der Waals surface area contributed by atoms with Crippen molar-refractivity contribution in [1.82, 2.24) is 10.3 Å². The van der Waals surface area contributed by atoms with E-state index in [1.165, 1.54) is 11.8 Å². The fourth-order valence-electron chi connectivity index (χ4n) is 2.92. The van der Waals surface area contributed by atoms with E-state index in [1.807, 2.05) is 72.8 Å². The second-order valence-electron chi connectivity index (χ2n) is 6.58. The minimum Gasteiger partial charge on any atom is -0.431 e. The molecule has 150 valence electrons. The van der Waals surface area contributed by atoms with Crippen LogP contribution in [0.2, 0.25) is 5.02 Å². The number of nitrogens with zero attached hydrogens (tertiary/aromatic N) is 1. The van der Waals surface area contributed by atoms with Gasteiger partial charge in [0.1, 0.15) is 5.69 Å². The second kappa shape index (κ2) is 9.65. The van der Waals surface area contributed by atoms with Gasteiger partial charge in [0.15, 0.2) is 5.76 Å². The van der Waals surface area contributed by atoms with Gasteiger partial charge in [0.25, 0.3) is 5.22 Å². The first-order chi connectivity index (χ1) is 14.7. The zero-order valence-electron chi connectivity index (χ0n) is 16.0. The number of carbonyl (C=O) groups excluding carboxylic acids is 1. The Kier molecular flexibility index (Phi) is 6.52. The summed E-state index contributed by atoms with van der Waals surface area (Å²) in [7, 11) is 0. The highest BCUT2D eigenvalue weighted by Crippen LogP contribution is 2.35. The third-order valence-corrected chi connectivity index (χ3v) is 5.50. The van der Waals surface area contributed by atoms with Crippen LogP contribution in [-0.2, 0) is 11.3 Å². The molecule has 0 aliphatic carbocycles. The van der Waals surface area contributed by atoms with Gasteiger partial charge >= 0.3 is 0 Å². The average Bonchev–Trinajstić information content (AvgIpc) is 3.23. The molecule has 0 saturated heterocycles. The molecule has 1 amide bonds. The lowest BCUT2D eigenvalue weighted by molar-refractivity contribution is -0.118. The number of aromatic nitrogens is 1. The highest BCUT2D eigenvalue weighted by atomic mass is 35.5. The first kappa shape index (κ1) is 20.3. The van der Waals surface area contributed by atoms with Crippen LogP contribution in [0.15, 0.2) is 94.6 Å². The summed E-state index contributed by atoms with van der Waals surface area (Å²) >= 11 is 7.17. The number of carbonyl (C=O) groups is 1. The first-order valence-electron chi connectivity index (χ1n) is 9.44. The van der Waals surface area contributed by atoms with Gasteiger partial charge in [0, 0.05) is 22.7 Å². The van der Waals surface area contributed by atoms with Crippen LogP contribution in [0.5, 0.6) is 0 Å². The fourth-order valence-corrected chi connectivity index (χ4v) is 3.70. The molecule has 0 radical (unpaired) electrons. The normalized spacial score (nSPS) is 10.7. The van der Waals surface area contributed by atoms with Crippen LogP contribution in [0.25, 0.3) is 22.6 Å². The summed E-state index contributed by atoms with van der Waals surface area (Å²) in [5.41, 5.74) is 3.68. The van der Waals surface area contributed by atoms with Crippen LogP contribution in [0, 0.1) is 0 Å². The summed E-state index contributed by atoms with van der Waals surface area (Å²) in [5.74, 6) is 0.831. The molecule has 4 aromatic rings. The van der Waals surface area contributed by atoms with Gasteiger partial charge in [-0.3, -0.25) is 4.79 Å². The lowest BCUT2D eigenvalue weighted by Gasteiger charge is -2.04. The maximum absolute atomic E-state index is 12.3. The van der Waals surface area contributed by atoms with Crippen molar-refractivity contribution in [3.8, 4) is 22.6 Å². The van der Waals surface area contributed by atoms with Gasteiger partial charge in [0.05, 0.1) is 5.75 Å². The lowest BCUT2D eigenvalue weighted by Crippen LogP contribution is -2.24. The Labute approximate surface area is 184 Å². The first-order valence-corrected chi connectivity index (χ1v) is 10.8. The molecule has 0 fully saturated rings. The molecule has 6 heteroatoms. The Balaban J connectivity index is 1.46. The highest BCUT2D eigenvalue weighted by Gasteiger charge is 2.17. The van der Waals surface area contributed by atoms with Crippen LogP contribution in [-0.4, -0.2) is 16.6 Å². The number of rotatable bonds is 7. The Bertz CT molecular complexity index is 1060. The standard InChI is InChI=1S/C24H19ClN2O2S/c25-20-13-11-17(12-14-20)15-26-21(28)16-30-24-27-22(18-7-3-1-4-8-18)23(29-24)19-9-5-2-6-10-19/h1-14H,15-16H2,(H,26,28). The Hall–Kier alpha value is -3.02. The van der Waals surface area contributed by atoms with Gasteiger partial charge in [-0.15, -0.1) is 0 Å². The zero-order valence-corrected chi connectivity index (χ0v) is 17.6. The molecule has 4 rings (SSSR count). The van der Waals surface area contributed by atoms with E-state index in [9.17, 15) is 4.79 Å². The number of benzene rings is 3. The lowest BCUT2D eigenvalue weighted by atomic mass is 10.1. The van der Waals surface area contributed by atoms with Crippen molar-refractivity contribution >= 4 is 29.3 Å². The molecule has 3 aromatic carbocycles. The number of amides is 1. The molecule has 0 spiro atoms. The smallest absolute Gasteiger partial charge is 0.257 e. The topological polar surface area (TPSA) is 55.1 Å². The van der Waals surface area contributed by atoms with E-state index in [4.69, 9.17) is 16.0 Å². The van der Waals surface area contributed by atoms with Gasteiger partial charge in [-0.2, -0.15) is 0 Å². The number of thioether (sulfide) groups is 1. The van der Waals surface area contributed by atoms with Crippen molar-refractivity contribution in [2.24, 2.45) is 0 Å². The highest BCUT2D eigenvalue weighted by molar-refractivity contribution is 7.99. The minimum absolute atomic E-state index is 0.0873. The Morgan fingerprint density at radius 2 is 1.53 bits per heavy atom. The predicted molar refractivity (Wildman–Crippen MR) is 121 cm³/mol. The van der Waals surface area contributed by atoms with Crippen molar-refractivity contribution in [2.75, 3.05) is 5.75 Å². The summed E-state index contributed by atoms with van der Waals surface area (Å²) in [6.07, 6.45) is 0. The average molecular weight is 435 g/mol. The molecule has 1 heterocycles. The van der Waals surface area contributed by atoms with Crippen molar-refractivity contribution in [2.45, 2.75) is 11.8 Å². The number of hydrogen-bond acceptors (Lipinski definition) is 4.